The van der Waals surface area contributed by atoms with E-state index in [1.54, 1.807) is 22.8 Å². The topological polar surface area (TPSA) is 80.0 Å². The number of aromatic nitrogens is 3. The molecule has 8 heteroatoms. The molecule has 0 saturated carbocycles. The van der Waals surface area contributed by atoms with Gasteiger partial charge >= 0.3 is 0 Å². The lowest BCUT2D eigenvalue weighted by molar-refractivity contribution is -0.113. The second-order valence-corrected chi connectivity index (χ2v) is 7.28. The van der Waals surface area contributed by atoms with Gasteiger partial charge in [-0.05, 0) is 48.5 Å². The molecule has 0 unspecified atom stereocenters. The zero-order chi connectivity index (χ0) is 20.9. The Morgan fingerprint density at radius 2 is 1.67 bits per heavy atom. The van der Waals surface area contributed by atoms with Gasteiger partial charge in [0.1, 0.15) is 11.6 Å². The minimum Gasteiger partial charge on any atom is -0.507 e. The third-order valence-electron chi connectivity index (χ3n) is 4.25. The molecule has 6 nitrogen and oxygen atoms in total. The molecule has 0 aliphatic rings. The van der Waals surface area contributed by atoms with Gasteiger partial charge < -0.3 is 10.4 Å². The second-order valence-electron chi connectivity index (χ2n) is 6.34. The molecule has 1 heterocycles. The van der Waals surface area contributed by atoms with E-state index in [1.807, 2.05) is 36.4 Å². The summed E-state index contributed by atoms with van der Waals surface area (Å²) in [5.41, 5.74) is 1.86. The first-order valence-corrected chi connectivity index (χ1v) is 10.1. The number of benzene rings is 3. The van der Waals surface area contributed by atoms with Gasteiger partial charge in [0.25, 0.3) is 0 Å². The van der Waals surface area contributed by atoms with Crippen molar-refractivity contribution in [3.63, 3.8) is 0 Å². The summed E-state index contributed by atoms with van der Waals surface area (Å²) >= 11 is 1.22. The average molecular weight is 420 g/mol. The number of para-hydroxylation sites is 2. The highest BCUT2D eigenvalue weighted by Gasteiger charge is 2.19. The SMILES string of the molecule is O=C(CSc1nnc(-c2ccccc2O)n1-c1ccccc1)Nc1ccc(F)cc1. The van der Waals surface area contributed by atoms with Gasteiger partial charge in [-0.15, -0.1) is 10.2 Å². The summed E-state index contributed by atoms with van der Waals surface area (Å²) in [6.07, 6.45) is 0. The van der Waals surface area contributed by atoms with E-state index in [4.69, 9.17) is 0 Å². The second kappa shape index (κ2) is 8.79. The molecule has 0 spiro atoms. The Bertz CT molecular complexity index is 1160. The van der Waals surface area contributed by atoms with E-state index < -0.39 is 0 Å². The molecule has 30 heavy (non-hydrogen) atoms. The number of amides is 1. The fourth-order valence-corrected chi connectivity index (χ4v) is 3.62. The molecule has 2 N–H and O–H groups in total. The van der Waals surface area contributed by atoms with Crippen LogP contribution in [0.15, 0.2) is 84.0 Å². The molecule has 0 aliphatic heterocycles. The van der Waals surface area contributed by atoms with E-state index >= 15 is 0 Å². The first kappa shape index (κ1) is 19.7. The lowest BCUT2D eigenvalue weighted by atomic mass is 10.2. The monoisotopic (exact) mass is 420 g/mol. The normalized spacial score (nSPS) is 10.7. The van der Waals surface area contributed by atoms with Gasteiger partial charge in [0.15, 0.2) is 11.0 Å². The number of carbonyl (C=O) groups is 1. The number of thioether (sulfide) groups is 1. The summed E-state index contributed by atoms with van der Waals surface area (Å²) < 4.78 is 14.8. The number of nitrogens with zero attached hydrogens (tertiary/aromatic N) is 3. The Morgan fingerprint density at radius 1 is 0.967 bits per heavy atom. The van der Waals surface area contributed by atoms with Crippen LogP contribution in [-0.2, 0) is 4.79 Å². The number of halogens is 1. The molecule has 1 aromatic heterocycles. The van der Waals surface area contributed by atoms with Crippen molar-refractivity contribution in [2.75, 3.05) is 11.1 Å². The third kappa shape index (κ3) is 4.33. The molecule has 3 aromatic carbocycles. The van der Waals surface area contributed by atoms with Gasteiger partial charge in [-0.2, -0.15) is 0 Å². The van der Waals surface area contributed by atoms with Gasteiger partial charge in [-0.3, -0.25) is 9.36 Å². The van der Waals surface area contributed by atoms with Gasteiger partial charge in [0, 0.05) is 11.4 Å². The zero-order valence-electron chi connectivity index (χ0n) is 15.7. The summed E-state index contributed by atoms with van der Waals surface area (Å²) in [5.74, 6) is 0.0325. The van der Waals surface area contributed by atoms with E-state index in [9.17, 15) is 14.3 Å². The molecule has 4 aromatic rings. The van der Waals surface area contributed by atoms with E-state index in [2.05, 4.69) is 15.5 Å². The standard InChI is InChI=1S/C22H17FN4O2S/c23-15-10-12-16(13-11-15)24-20(29)14-30-22-26-25-21(18-8-4-5-9-19(18)28)27(22)17-6-2-1-3-7-17/h1-13,28H,14H2,(H,24,29). The number of phenolic OH excluding ortho intramolecular Hbond substituents is 1. The molecular formula is C22H17FN4O2S. The summed E-state index contributed by atoms with van der Waals surface area (Å²) in [6.45, 7) is 0. The molecule has 1 amide bonds. The molecule has 0 aliphatic carbocycles. The van der Waals surface area contributed by atoms with Gasteiger partial charge in [0.05, 0.1) is 11.3 Å². The Labute approximate surface area is 176 Å². The summed E-state index contributed by atoms with van der Waals surface area (Å²) in [5, 5.41) is 22.0. The highest BCUT2D eigenvalue weighted by molar-refractivity contribution is 7.99. The van der Waals surface area contributed by atoms with Crippen molar-refractivity contribution < 1.29 is 14.3 Å². The van der Waals surface area contributed by atoms with Crippen LogP contribution in [0.1, 0.15) is 0 Å². The van der Waals surface area contributed by atoms with Crippen LogP contribution in [0.5, 0.6) is 5.75 Å². The third-order valence-corrected chi connectivity index (χ3v) is 5.18. The summed E-state index contributed by atoms with van der Waals surface area (Å²) in [6, 6.07) is 21.9. The highest BCUT2D eigenvalue weighted by atomic mass is 32.2. The highest BCUT2D eigenvalue weighted by Crippen LogP contribution is 2.32. The van der Waals surface area contributed by atoms with Crippen LogP contribution in [-0.4, -0.2) is 31.5 Å². The molecule has 0 fully saturated rings. The van der Waals surface area contributed by atoms with Crippen molar-refractivity contribution in [3.05, 3.63) is 84.7 Å². The lowest BCUT2D eigenvalue weighted by Crippen LogP contribution is -2.14. The quantitative estimate of drug-likeness (QED) is 0.449. The fraction of sp³-hybridized carbons (Fsp3) is 0.0455. The van der Waals surface area contributed by atoms with Gasteiger partial charge in [-0.25, -0.2) is 4.39 Å². The predicted octanol–water partition coefficient (Wildman–Crippen LogP) is 4.51. The summed E-state index contributed by atoms with van der Waals surface area (Å²) in [4.78, 5) is 12.3. The van der Waals surface area contributed by atoms with E-state index in [0.29, 0.717) is 22.2 Å². The van der Waals surface area contributed by atoms with Crippen LogP contribution < -0.4 is 5.32 Å². The fourth-order valence-electron chi connectivity index (χ4n) is 2.87. The van der Waals surface area contributed by atoms with E-state index in [-0.39, 0.29) is 23.2 Å². The Balaban J connectivity index is 1.59. The van der Waals surface area contributed by atoms with Crippen LogP contribution in [0, 0.1) is 5.82 Å². The van der Waals surface area contributed by atoms with Crippen LogP contribution in [0.3, 0.4) is 0 Å². The number of phenols is 1. The van der Waals surface area contributed by atoms with Crippen LogP contribution in [0.4, 0.5) is 10.1 Å². The zero-order valence-corrected chi connectivity index (χ0v) is 16.5. The minimum absolute atomic E-state index is 0.0864. The van der Waals surface area contributed by atoms with Crippen molar-refractivity contribution in [1.82, 2.24) is 14.8 Å². The summed E-state index contributed by atoms with van der Waals surface area (Å²) in [7, 11) is 0. The number of nitrogens with one attached hydrogen (secondary N) is 1. The Kier molecular flexibility index (Phi) is 5.76. The minimum atomic E-state index is -0.366. The van der Waals surface area contributed by atoms with Crippen molar-refractivity contribution in [1.29, 1.82) is 0 Å². The number of aromatic hydroxyl groups is 1. The van der Waals surface area contributed by atoms with Crippen molar-refractivity contribution in [2.45, 2.75) is 5.16 Å². The van der Waals surface area contributed by atoms with E-state index in [1.165, 1.54) is 36.0 Å². The molecule has 0 saturated heterocycles. The first-order valence-electron chi connectivity index (χ1n) is 9.09. The van der Waals surface area contributed by atoms with Crippen LogP contribution in [0.2, 0.25) is 0 Å². The molecule has 0 radical (unpaired) electrons. The number of anilines is 1. The lowest BCUT2D eigenvalue weighted by Gasteiger charge is -2.11. The van der Waals surface area contributed by atoms with Crippen LogP contribution >= 0.6 is 11.8 Å². The number of carbonyl (C=O) groups excluding carboxylic acids is 1. The molecule has 4 rings (SSSR count). The largest absolute Gasteiger partial charge is 0.507 e. The maximum Gasteiger partial charge on any atom is 0.234 e. The smallest absolute Gasteiger partial charge is 0.234 e. The number of hydrogen-bond acceptors (Lipinski definition) is 5. The predicted molar refractivity (Wildman–Crippen MR) is 114 cm³/mol. The number of hydrogen-bond donors (Lipinski definition) is 2. The Hall–Kier alpha value is -3.65. The van der Waals surface area contributed by atoms with Crippen molar-refractivity contribution >= 4 is 23.4 Å². The molecule has 150 valence electrons. The maximum atomic E-state index is 13.0. The van der Waals surface area contributed by atoms with Crippen molar-refractivity contribution in [3.8, 4) is 22.8 Å². The van der Waals surface area contributed by atoms with Gasteiger partial charge in [0.2, 0.25) is 5.91 Å². The Morgan fingerprint density at radius 3 is 2.40 bits per heavy atom. The molecule has 0 atom stereocenters. The van der Waals surface area contributed by atoms with Gasteiger partial charge in [-0.1, -0.05) is 42.1 Å². The molecule has 0 bridgehead atoms. The number of rotatable bonds is 6. The molecular weight excluding hydrogens is 403 g/mol. The van der Waals surface area contributed by atoms with E-state index in [0.717, 1.165) is 5.69 Å². The average Bonchev–Trinajstić information content (AvgIpc) is 3.18. The maximum absolute atomic E-state index is 13.0. The first-order chi connectivity index (χ1) is 14.6. The van der Waals surface area contributed by atoms with Crippen LogP contribution in [0.25, 0.3) is 17.1 Å². The van der Waals surface area contributed by atoms with Crippen molar-refractivity contribution in [2.24, 2.45) is 0 Å².